The lowest BCUT2D eigenvalue weighted by Gasteiger charge is -2.45. The highest BCUT2D eigenvalue weighted by Gasteiger charge is 2.45. The molecular weight excluding hydrogens is 387 g/mol. The van der Waals surface area contributed by atoms with Gasteiger partial charge >= 0.3 is 12.1 Å². The first-order chi connectivity index (χ1) is 13.6. The summed E-state index contributed by atoms with van der Waals surface area (Å²) in [7, 11) is 1.95. The molecule has 29 heavy (non-hydrogen) atoms. The van der Waals surface area contributed by atoms with Gasteiger partial charge in [-0.2, -0.15) is 13.2 Å². The fourth-order valence-corrected chi connectivity index (χ4v) is 4.43. The van der Waals surface area contributed by atoms with Crippen LogP contribution in [-0.4, -0.2) is 69.2 Å². The van der Waals surface area contributed by atoms with Crippen molar-refractivity contribution in [2.45, 2.75) is 50.2 Å². The molecule has 1 N–H and O–H groups in total. The molecule has 0 radical (unpaired) electrons. The third kappa shape index (κ3) is 5.12. The third-order valence-corrected chi connectivity index (χ3v) is 6.30. The lowest BCUT2D eigenvalue weighted by molar-refractivity contribution is -0.192. The summed E-state index contributed by atoms with van der Waals surface area (Å²) in [5, 5.41) is 7.12. The molecule has 1 aromatic rings. The SMILES string of the molecule is Cn1cccc1C(=O)N1CCC2(CCCN2CC2CC2)CC1.O=C(O)C(F)(F)F. The fraction of sp³-hybridized carbons (Fsp3) is 0.700. The van der Waals surface area contributed by atoms with E-state index in [0.29, 0.717) is 5.54 Å². The third-order valence-electron chi connectivity index (χ3n) is 6.30. The zero-order valence-corrected chi connectivity index (χ0v) is 16.6. The number of hydrogen-bond acceptors (Lipinski definition) is 3. The highest BCUT2D eigenvalue weighted by molar-refractivity contribution is 5.92. The predicted octanol–water partition coefficient (Wildman–Crippen LogP) is 3.14. The Morgan fingerprint density at radius 1 is 1.17 bits per heavy atom. The number of nitrogens with zero attached hydrogens (tertiary/aromatic N) is 3. The highest BCUT2D eigenvalue weighted by atomic mass is 19.4. The average Bonchev–Trinajstić information content (AvgIpc) is 3.26. The van der Waals surface area contributed by atoms with Crippen LogP contribution in [-0.2, 0) is 11.8 Å². The van der Waals surface area contributed by atoms with Gasteiger partial charge in [-0.1, -0.05) is 0 Å². The highest BCUT2D eigenvalue weighted by Crippen LogP contribution is 2.41. The Balaban J connectivity index is 0.000000298. The number of amides is 1. The quantitative estimate of drug-likeness (QED) is 0.824. The number of carboxylic acids is 1. The first kappa shape index (κ1) is 21.7. The number of carbonyl (C=O) groups is 2. The summed E-state index contributed by atoms with van der Waals surface area (Å²) in [6, 6.07) is 3.88. The Morgan fingerprint density at radius 2 is 1.79 bits per heavy atom. The Bertz CT molecular complexity index is 735. The normalized spacial score (nSPS) is 21.7. The molecular formula is C20H28F3N3O3. The van der Waals surface area contributed by atoms with Crippen LogP contribution in [0.1, 0.15) is 49.0 Å². The maximum Gasteiger partial charge on any atom is 0.490 e. The second kappa shape index (κ2) is 8.38. The standard InChI is InChI=1S/C18H27N3O.C2HF3O2/c1-19-10-2-4-16(19)17(22)20-12-8-18(9-13-20)7-3-11-21(18)14-15-5-6-15;3-2(4,5)1(6)7/h2,4,10,15H,3,5-9,11-14H2,1H3;(H,6,7). The number of hydrogen-bond donors (Lipinski definition) is 1. The number of aryl methyl sites for hydroxylation is 1. The van der Waals surface area contributed by atoms with Gasteiger partial charge < -0.3 is 14.6 Å². The summed E-state index contributed by atoms with van der Waals surface area (Å²) in [6.07, 6.45) is 4.75. The van der Waals surface area contributed by atoms with E-state index < -0.39 is 12.1 Å². The van der Waals surface area contributed by atoms with Crippen molar-refractivity contribution in [2.24, 2.45) is 13.0 Å². The number of halogens is 3. The minimum atomic E-state index is -5.08. The molecule has 0 bridgehead atoms. The Morgan fingerprint density at radius 3 is 2.28 bits per heavy atom. The number of carbonyl (C=O) groups excluding carboxylic acids is 1. The van der Waals surface area contributed by atoms with E-state index in [4.69, 9.17) is 9.90 Å². The first-order valence-corrected chi connectivity index (χ1v) is 10.1. The number of rotatable bonds is 3. The van der Waals surface area contributed by atoms with E-state index in [2.05, 4.69) is 9.80 Å². The number of aliphatic carboxylic acids is 1. The van der Waals surface area contributed by atoms with Crippen LogP contribution in [0, 0.1) is 5.92 Å². The second-order valence-corrected chi connectivity index (χ2v) is 8.32. The summed E-state index contributed by atoms with van der Waals surface area (Å²) in [5.74, 6) is -1.58. The number of piperidine rings is 1. The molecule has 0 atom stereocenters. The molecule has 1 saturated carbocycles. The van der Waals surface area contributed by atoms with Crippen molar-refractivity contribution in [3.05, 3.63) is 24.0 Å². The van der Waals surface area contributed by atoms with Crippen molar-refractivity contribution in [1.29, 1.82) is 0 Å². The van der Waals surface area contributed by atoms with Crippen molar-refractivity contribution in [1.82, 2.24) is 14.4 Å². The van der Waals surface area contributed by atoms with Crippen LogP contribution in [0.4, 0.5) is 13.2 Å². The number of likely N-dealkylation sites (tertiary alicyclic amines) is 2. The van der Waals surface area contributed by atoms with Gasteiger partial charge in [-0.05, 0) is 63.1 Å². The van der Waals surface area contributed by atoms with Crippen LogP contribution in [0.5, 0.6) is 0 Å². The molecule has 3 heterocycles. The molecule has 3 fully saturated rings. The monoisotopic (exact) mass is 415 g/mol. The molecule has 1 spiro atoms. The number of alkyl halides is 3. The first-order valence-electron chi connectivity index (χ1n) is 10.1. The minimum absolute atomic E-state index is 0.203. The molecule has 1 amide bonds. The topological polar surface area (TPSA) is 65.8 Å². The van der Waals surface area contributed by atoms with Gasteiger partial charge in [0.15, 0.2) is 0 Å². The van der Waals surface area contributed by atoms with Crippen molar-refractivity contribution in [3.8, 4) is 0 Å². The van der Waals surface area contributed by atoms with E-state index in [0.717, 1.165) is 37.5 Å². The molecule has 0 aromatic carbocycles. The van der Waals surface area contributed by atoms with E-state index in [9.17, 15) is 18.0 Å². The molecule has 2 aliphatic heterocycles. The number of aromatic nitrogens is 1. The molecule has 1 aromatic heterocycles. The van der Waals surface area contributed by atoms with Crippen molar-refractivity contribution in [3.63, 3.8) is 0 Å². The minimum Gasteiger partial charge on any atom is -0.475 e. The van der Waals surface area contributed by atoms with Crippen LogP contribution in [0.2, 0.25) is 0 Å². The van der Waals surface area contributed by atoms with Gasteiger partial charge in [0.1, 0.15) is 5.69 Å². The van der Waals surface area contributed by atoms with E-state index >= 15 is 0 Å². The molecule has 6 nitrogen and oxygen atoms in total. The maximum absolute atomic E-state index is 12.6. The molecule has 4 rings (SSSR count). The molecule has 162 valence electrons. The molecule has 0 unspecified atom stereocenters. The van der Waals surface area contributed by atoms with Crippen molar-refractivity contribution in [2.75, 3.05) is 26.2 Å². The molecule has 3 aliphatic rings. The van der Waals surface area contributed by atoms with Gasteiger partial charge in [-0.15, -0.1) is 0 Å². The summed E-state index contributed by atoms with van der Waals surface area (Å²) in [6.45, 7) is 4.43. The van der Waals surface area contributed by atoms with E-state index in [1.165, 1.54) is 38.8 Å². The summed E-state index contributed by atoms with van der Waals surface area (Å²) in [4.78, 5) is 26.4. The summed E-state index contributed by atoms with van der Waals surface area (Å²) in [5.41, 5.74) is 1.23. The van der Waals surface area contributed by atoms with E-state index in [1.807, 2.05) is 29.9 Å². The zero-order valence-electron chi connectivity index (χ0n) is 16.6. The zero-order chi connectivity index (χ0) is 21.2. The Hall–Kier alpha value is -2.03. The van der Waals surface area contributed by atoms with Crippen LogP contribution in [0.25, 0.3) is 0 Å². The van der Waals surface area contributed by atoms with E-state index in [-0.39, 0.29) is 5.91 Å². The second-order valence-electron chi connectivity index (χ2n) is 8.32. The van der Waals surface area contributed by atoms with Gasteiger partial charge in [-0.25, -0.2) is 4.79 Å². The van der Waals surface area contributed by atoms with Crippen molar-refractivity contribution < 1.29 is 27.9 Å². The molecule has 9 heteroatoms. The average molecular weight is 415 g/mol. The fourth-order valence-electron chi connectivity index (χ4n) is 4.43. The Kier molecular flexibility index (Phi) is 6.26. The van der Waals surface area contributed by atoms with Gasteiger partial charge in [0, 0.05) is 38.4 Å². The lowest BCUT2D eigenvalue weighted by Crippen LogP contribution is -2.53. The van der Waals surface area contributed by atoms with E-state index in [1.54, 1.807) is 0 Å². The summed E-state index contributed by atoms with van der Waals surface area (Å²) >= 11 is 0. The predicted molar refractivity (Wildman–Crippen MR) is 101 cm³/mol. The van der Waals surface area contributed by atoms with Crippen LogP contribution >= 0.6 is 0 Å². The van der Waals surface area contributed by atoms with Crippen molar-refractivity contribution >= 4 is 11.9 Å². The lowest BCUT2D eigenvalue weighted by atomic mass is 9.84. The number of carboxylic acid groups (broad SMARTS) is 1. The maximum atomic E-state index is 12.6. The van der Waals surface area contributed by atoms with Crippen LogP contribution in [0.3, 0.4) is 0 Å². The van der Waals surface area contributed by atoms with Gasteiger partial charge in [0.25, 0.3) is 5.91 Å². The molecule has 2 saturated heterocycles. The van der Waals surface area contributed by atoms with Crippen LogP contribution < -0.4 is 0 Å². The Labute approximate surface area is 168 Å². The largest absolute Gasteiger partial charge is 0.490 e. The van der Waals surface area contributed by atoms with Gasteiger partial charge in [0.2, 0.25) is 0 Å². The van der Waals surface area contributed by atoms with Gasteiger partial charge in [0.05, 0.1) is 0 Å². The van der Waals surface area contributed by atoms with Gasteiger partial charge in [-0.3, -0.25) is 9.69 Å². The molecule has 1 aliphatic carbocycles. The van der Waals surface area contributed by atoms with Crippen LogP contribution in [0.15, 0.2) is 18.3 Å². The smallest absolute Gasteiger partial charge is 0.475 e. The summed E-state index contributed by atoms with van der Waals surface area (Å²) < 4.78 is 33.7.